The highest BCUT2D eigenvalue weighted by atomic mass is 35.5. The zero-order chi connectivity index (χ0) is 24.8. The number of halogens is 1. The molecule has 1 heterocycles. The van der Waals surface area contributed by atoms with Crippen molar-refractivity contribution in [2.75, 3.05) is 6.79 Å². The van der Waals surface area contributed by atoms with E-state index in [-0.39, 0.29) is 24.5 Å². The number of benzene rings is 3. The van der Waals surface area contributed by atoms with Crippen molar-refractivity contribution in [1.29, 1.82) is 0 Å². The van der Waals surface area contributed by atoms with Gasteiger partial charge in [-0.15, -0.1) is 0 Å². The van der Waals surface area contributed by atoms with E-state index in [1.54, 1.807) is 17.0 Å². The quantitative estimate of drug-likeness (QED) is 0.457. The molecule has 1 aliphatic rings. The van der Waals surface area contributed by atoms with Gasteiger partial charge in [-0.25, -0.2) is 0 Å². The van der Waals surface area contributed by atoms with Gasteiger partial charge in [0.1, 0.15) is 6.04 Å². The Kier molecular flexibility index (Phi) is 7.93. The van der Waals surface area contributed by atoms with Crippen LogP contribution in [-0.2, 0) is 29.1 Å². The molecule has 1 N–H and O–H groups in total. The number of carbonyl (C=O) groups is 2. The molecule has 0 fully saturated rings. The number of hydrogen-bond acceptors (Lipinski definition) is 4. The van der Waals surface area contributed by atoms with E-state index in [4.69, 9.17) is 21.1 Å². The molecule has 0 bridgehead atoms. The molecule has 182 valence electrons. The molecule has 0 unspecified atom stereocenters. The molecular formula is C28H29ClN2O4. The maximum Gasteiger partial charge on any atom is 0.243 e. The Hall–Kier alpha value is -3.51. The first-order valence-corrected chi connectivity index (χ1v) is 12.0. The predicted molar refractivity (Wildman–Crippen MR) is 135 cm³/mol. The van der Waals surface area contributed by atoms with Gasteiger partial charge in [-0.3, -0.25) is 9.59 Å². The molecule has 35 heavy (non-hydrogen) atoms. The lowest BCUT2D eigenvalue weighted by atomic mass is 10.0. The molecule has 3 aromatic carbocycles. The minimum Gasteiger partial charge on any atom is -0.454 e. The summed E-state index contributed by atoms with van der Waals surface area (Å²) in [4.78, 5) is 28.6. The molecule has 1 atom stereocenters. The van der Waals surface area contributed by atoms with Gasteiger partial charge >= 0.3 is 0 Å². The molecule has 0 saturated heterocycles. The molecule has 2 amide bonds. The lowest BCUT2D eigenvalue weighted by Crippen LogP contribution is -2.51. The van der Waals surface area contributed by atoms with Gasteiger partial charge in [0, 0.05) is 30.5 Å². The van der Waals surface area contributed by atoms with Crippen LogP contribution in [-0.4, -0.2) is 29.5 Å². The van der Waals surface area contributed by atoms with Crippen LogP contribution in [0.4, 0.5) is 0 Å². The van der Waals surface area contributed by atoms with Crippen molar-refractivity contribution >= 4 is 23.4 Å². The van der Waals surface area contributed by atoms with Gasteiger partial charge < -0.3 is 19.7 Å². The van der Waals surface area contributed by atoms with Crippen molar-refractivity contribution in [3.8, 4) is 11.5 Å². The first kappa shape index (κ1) is 24.6. The van der Waals surface area contributed by atoms with E-state index in [0.29, 0.717) is 36.0 Å². The molecule has 0 aliphatic carbocycles. The van der Waals surface area contributed by atoms with E-state index in [1.807, 2.05) is 74.5 Å². The van der Waals surface area contributed by atoms with Crippen LogP contribution in [0, 0.1) is 5.92 Å². The summed E-state index contributed by atoms with van der Waals surface area (Å²) in [7, 11) is 0. The Bertz CT molecular complexity index is 1170. The number of ether oxygens (including phenoxy) is 2. The fraction of sp³-hybridized carbons (Fsp3) is 0.286. The number of fused-ring (bicyclic) bond motifs is 1. The summed E-state index contributed by atoms with van der Waals surface area (Å²) < 4.78 is 10.8. The minimum absolute atomic E-state index is 0.0842. The lowest BCUT2D eigenvalue weighted by molar-refractivity contribution is -0.143. The molecule has 3 aromatic rings. The zero-order valence-electron chi connectivity index (χ0n) is 19.9. The van der Waals surface area contributed by atoms with Crippen LogP contribution in [0.5, 0.6) is 11.5 Å². The smallest absolute Gasteiger partial charge is 0.243 e. The first-order valence-electron chi connectivity index (χ1n) is 11.7. The summed E-state index contributed by atoms with van der Waals surface area (Å²) in [5, 5.41) is 3.65. The summed E-state index contributed by atoms with van der Waals surface area (Å²) >= 11 is 6.05. The monoisotopic (exact) mass is 492 g/mol. The van der Waals surface area contributed by atoms with E-state index < -0.39 is 6.04 Å². The highest BCUT2D eigenvalue weighted by molar-refractivity contribution is 6.30. The SMILES string of the molecule is CC(C)C(=O)N(Cc1ccc(Cl)cc1)[C@H](Cc1ccccc1)C(=O)NCc1ccc2c(c1)OCO2. The Morgan fingerprint density at radius 1 is 0.914 bits per heavy atom. The normalized spacial score (nSPS) is 12.9. The predicted octanol–water partition coefficient (Wildman–Crippen LogP) is 4.98. The van der Waals surface area contributed by atoms with E-state index in [0.717, 1.165) is 16.7 Å². The summed E-state index contributed by atoms with van der Waals surface area (Å²) in [6.07, 6.45) is 0.403. The molecule has 0 saturated carbocycles. The lowest BCUT2D eigenvalue weighted by Gasteiger charge is -2.33. The highest BCUT2D eigenvalue weighted by Gasteiger charge is 2.31. The number of nitrogens with zero attached hydrogens (tertiary/aromatic N) is 1. The van der Waals surface area contributed by atoms with Gasteiger partial charge in [0.2, 0.25) is 18.6 Å². The summed E-state index contributed by atoms with van der Waals surface area (Å²) in [6.45, 7) is 4.51. The number of nitrogens with one attached hydrogen (secondary N) is 1. The molecule has 4 rings (SSSR count). The maximum absolute atomic E-state index is 13.6. The van der Waals surface area contributed by atoms with Gasteiger partial charge in [-0.1, -0.05) is 74.0 Å². The molecule has 0 spiro atoms. The number of hydrogen-bond donors (Lipinski definition) is 1. The standard InChI is InChI=1S/C28H29ClN2O4/c1-19(2)28(33)31(17-21-8-11-23(29)12-9-21)24(14-20-6-4-3-5-7-20)27(32)30-16-22-10-13-25-26(15-22)35-18-34-25/h3-13,15,19,24H,14,16-18H2,1-2H3,(H,30,32)/t24-/m1/s1. The molecule has 1 aliphatic heterocycles. The largest absolute Gasteiger partial charge is 0.454 e. The Balaban J connectivity index is 1.58. The van der Waals surface area contributed by atoms with Gasteiger partial charge in [-0.05, 0) is 41.0 Å². The third-order valence-corrected chi connectivity index (χ3v) is 6.15. The zero-order valence-corrected chi connectivity index (χ0v) is 20.6. The van der Waals surface area contributed by atoms with Gasteiger partial charge in [0.25, 0.3) is 0 Å². The van der Waals surface area contributed by atoms with Crippen LogP contribution < -0.4 is 14.8 Å². The Morgan fingerprint density at radius 2 is 1.60 bits per heavy atom. The summed E-state index contributed by atoms with van der Waals surface area (Å²) in [5.41, 5.74) is 2.78. The topological polar surface area (TPSA) is 67.9 Å². The third kappa shape index (κ3) is 6.34. The first-order chi connectivity index (χ1) is 16.9. The average Bonchev–Trinajstić information content (AvgIpc) is 3.34. The summed E-state index contributed by atoms with van der Waals surface area (Å²) in [6, 6.07) is 22.0. The molecule has 0 radical (unpaired) electrons. The Morgan fingerprint density at radius 3 is 2.31 bits per heavy atom. The van der Waals surface area contributed by atoms with Crippen LogP contribution in [0.15, 0.2) is 72.8 Å². The van der Waals surface area contributed by atoms with E-state index in [1.165, 1.54) is 0 Å². The average molecular weight is 493 g/mol. The summed E-state index contributed by atoms with van der Waals surface area (Å²) in [5.74, 6) is 0.798. The van der Waals surface area contributed by atoms with Crippen molar-refractivity contribution < 1.29 is 19.1 Å². The maximum atomic E-state index is 13.6. The third-order valence-electron chi connectivity index (χ3n) is 5.90. The van der Waals surface area contributed by atoms with Gasteiger partial charge in [0.15, 0.2) is 11.5 Å². The highest BCUT2D eigenvalue weighted by Crippen LogP contribution is 2.32. The molecule has 0 aromatic heterocycles. The van der Waals surface area contributed by atoms with Crippen molar-refractivity contribution in [3.63, 3.8) is 0 Å². The number of carbonyl (C=O) groups excluding carboxylic acids is 2. The van der Waals surface area contributed by atoms with E-state index in [2.05, 4.69) is 5.32 Å². The fourth-order valence-electron chi connectivity index (χ4n) is 4.00. The van der Waals surface area contributed by atoms with Crippen molar-refractivity contribution in [3.05, 3.63) is 94.5 Å². The van der Waals surface area contributed by atoms with Gasteiger partial charge in [-0.2, -0.15) is 0 Å². The van der Waals surface area contributed by atoms with E-state index in [9.17, 15) is 9.59 Å². The second-order valence-corrected chi connectivity index (χ2v) is 9.29. The Labute approximate surface area is 210 Å². The second-order valence-electron chi connectivity index (χ2n) is 8.86. The molecule has 6 nitrogen and oxygen atoms in total. The van der Waals surface area contributed by atoms with Crippen LogP contribution in [0.1, 0.15) is 30.5 Å². The van der Waals surface area contributed by atoms with Crippen molar-refractivity contribution in [2.45, 2.75) is 39.4 Å². The molecular weight excluding hydrogens is 464 g/mol. The fourth-order valence-corrected chi connectivity index (χ4v) is 4.13. The van der Waals surface area contributed by atoms with Crippen LogP contribution in [0.2, 0.25) is 5.02 Å². The molecule has 7 heteroatoms. The van der Waals surface area contributed by atoms with Gasteiger partial charge in [0.05, 0.1) is 0 Å². The van der Waals surface area contributed by atoms with Crippen LogP contribution >= 0.6 is 11.6 Å². The number of amides is 2. The van der Waals surface area contributed by atoms with E-state index >= 15 is 0 Å². The minimum atomic E-state index is -0.683. The van der Waals surface area contributed by atoms with Crippen molar-refractivity contribution in [2.24, 2.45) is 5.92 Å². The van der Waals surface area contributed by atoms with Crippen LogP contribution in [0.3, 0.4) is 0 Å². The van der Waals surface area contributed by atoms with Crippen LogP contribution in [0.25, 0.3) is 0 Å². The number of rotatable bonds is 9. The van der Waals surface area contributed by atoms with Crippen molar-refractivity contribution in [1.82, 2.24) is 10.2 Å². The second kappa shape index (κ2) is 11.3.